The van der Waals surface area contributed by atoms with Crippen molar-refractivity contribution in [2.24, 2.45) is 0 Å². The first-order valence-electron chi connectivity index (χ1n) is 6.36. The molecule has 1 saturated carbocycles. The van der Waals surface area contributed by atoms with E-state index in [1.807, 2.05) is 0 Å². The fourth-order valence-electron chi connectivity index (χ4n) is 2.25. The highest BCUT2D eigenvalue weighted by molar-refractivity contribution is 6.32. The molecule has 1 aliphatic rings. The Bertz CT molecular complexity index is 466. The predicted molar refractivity (Wildman–Crippen MR) is 71.6 cm³/mol. The molecule has 1 aromatic carbocycles. The van der Waals surface area contributed by atoms with Crippen LogP contribution in [-0.2, 0) is 0 Å². The van der Waals surface area contributed by atoms with Crippen LogP contribution in [0.15, 0.2) is 18.2 Å². The molecule has 1 fully saturated rings. The van der Waals surface area contributed by atoms with Crippen LogP contribution >= 0.6 is 11.6 Å². The van der Waals surface area contributed by atoms with Crippen LogP contribution in [0, 0.1) is 10.1 Å². The van der Waals surface area contributed by atoms with Crippen LogP contribution < -0.4 is 4.74 Å². The first kappa shape index (κ1) is 14.1. The number of nitro benzene ring substituents is 1. The van der Waals surface area contributed by atoms with Crippen molar-refractivity contribution in [3.05, 3.63) is 33.3 Å². The van der Waals surface area contributed by atoms with Gasteiger partial charge in [0.05, 0.1) is 22.1 Å². The lowest BCUT2D eigenvalue weighted by atomic mass is 10.1. The quantitative estimate of drug-likeness (QED) is 0.525. The second kappa shape index (κ2) is 6.21. The van der Waals surface area contributed by atoms with Crippen molar-refractivity contribution in [1.82, 2.24) is 0 Å². The third kappa shape index (κ3) is 3.58. The molecule has 0 amide bonds. The van der Waals surface area contributed by atoms with Crippen LogP contribution in [0.1, 0.15) is 32.1 Å². The van der Waals surface area contributed by atoms with Gasteiger partial charge in [0.15, 0.2) is 0 Å². The zero-order valence-corrected chi connectivity index (χ0v) is 11.2. The molecule has 1 aromatic rings. The summed E-state index contributed by atoms with van der Waals surface area (Å²) in [4.78, 5) is 10.2. The molecular weight excluding hydrogens is 270 g/mol. The van der Waals surface area contributed by atoms with Gasteiger partial charge in [0.2, 0.25) is 0 Å². The summed E-state index contributed by atoms with van der Waals surface area (Å²) >= 11 is 5.98. The number of hydrogen-bond donors (Lipinski definition) is 1. The number of benzene rings is 1. The van der Waals surface area contributed by atoms with Gasteiger partial charge in [0.25, 0.3) is 5.69 Å². The van der Waals surface area contributed by atoms with Crippen LogP contribution in [0.3, 0.4) is 0 Å². The zero-order valence-electron chi connectivity index (χ0n) is 10.4. The molecule has 2 atom stereocenters. The van der Waals surface area contributed by atoms with Crippen LogP contribution in [0.2, 0.25) is 5.02 Å². The average molecular weight is 286 g/mol. The molecule has 19 heavy (non-hydrogen) atoms. The van der Waals surface area contributed by atoms with E-state index in [1.165, 1.54) is 18.2 Å². The topological polar surface area (TPSA) is 72.6 Å². The maximum Gasteiger partial charge on any atom is 0.273 e. The van der Waals surface area contributed by atoms with E-state index in [0.29, 0.717) is 11.4 Å². The van der Waals surface area contributed by atoms with Crippen molar-refractivity contribution in [3.63, 3.8) is 0 Å². The minimum absolute atomic E-state index is 0.0671. The highest BCUT2D eigenvalue weighted by Gasteiger charge is 2.24. The molecular formula is C13H16ClNO4. The first-order chi connectivity index (χ1) is 9.08. The van der Waals surface area contributed by atoms with E-state index in [1.54, 1.807) is 0 Å². The summed E-state index contributed by atoms with van der Waals surface area (Å²) in [6, 6.07) is 4.08. The smallest absolute Gasteiger partial charge is 0.273 e. The standard InChI is InChI=1S/C13H16ClNO4/c14-10-7-6-9(15(17)18)8-13(10)19-12-5-3-1-2-4-11(12)16/h6-8,11-12,16H,1-5H2. The maximum atomic E-state index is 10.7. The van der Waals surface area contributed by atoms with E-state index in [-0.39, 0.29) is 17.5 Å². The van der Waals surface area contributed by atoms with Crippen molar-refractivity contribution in [1.29, 1.82) is 0 Å². The summed E-state index contributed by atoms with van der Waals surface area (Å²) in [5.41, 5.74) is -0.0671. The molecule has 6 heteroatoms. The Morgan fingerprint density at radius 2 is 2.05 bits per heavy atom. The SMILES string of the molecule is O=[N+]([O-])c1ccc(Cl)c(OC2CCCCCC2O)c1. The number of non-ortho nitro benzene ring substituents is 1. The molecule has 5 nitrogen and oxygen atoms in total. The molecule has 0 bridgehead atoms. The Kier molecular flexibility index (Phi) is 4.61. The van der Waals surface area contributed by atoms with Crippen molar-refractivity contribution in [2.75, 3.05) is 0 Å². The molecule has 0 aliphatic heterocycles. The Balaban J connectivity index is 2.16. The van der Waals surface area contributed by atoms with Gasteiger partial charge in [0.1, 0.15) is 11.9 Å². The largest absolute Gasteiger partial charge is 0.486 e. The third-order valence-corrected chi connectivity index (χ3v) is 3.63. The molecule has 2 rings (SSSR count). The average Bonchev–Trinajstić information content (AvgIpc) is 2.57. The number of aliphatic hydroxyl groups excluding tert-OH is 1. The van der Waals surface area contributed by atoms with Crippen molar-refractivity contribution < 1.29 is 14.8 Å². The van der Waals surface area contributed by atoms with E-state index >= 15 is 0 Å². The number of nitrogens with zero attached hydrogens (tertiary/aromatic N) is 1. The van der Waals surface area contributed by atoms with Gasteiger partial charge in [-0.25, -0.2) is 0 Å². The number of halogens is 1. The summed E-state index contributed by atoms with van der Waals surface area (Å²) in [5, 5.41) is 21.0. The zero-order chi connectivity index (χ0) is 13.8. The van der Waals surface area contributed by atoms with E-state index in [9.17, 15) is 15.2 Å². The van der Waals surface area contributed by atoms with Gasteiger partial charge in [-0.1, -0.05) is 24.4 Å². The van der Waals surface area contributed by atoms with E-state index in [4.69, 9.17) is 16.3 Å². The highest BCUT2D eigenvalue weighted by atomic mass is 35.5. The van der Waals surface area contributed by atoms with Gasteiger partial charge in [-0.15, -0.1) is 0 Å². The van der Waals surface area contributed by atoms with Gasteiger partial charge >= 0.3 is 0 Å². The normalized spacial score (nSPS) is 23.7. The first-order valence-corrected chi connectivity index (χ1v) is 6.74. The lowest BCUT2D eigenvalue weighted by Crippen LogP contribution is -2.30. The molecule has 0 saturated heterocycles. The number of ether oxygens (including phenoxy) is 1. The summed E-state index contributed by atoms with van der Waals surface area (Å²) in [6.07, 6.45) is 3.56. The molecule has 0 heterocycles. The maximum absolute atomic E-state index is 10.7. The Morgan fingerprint density at radius 3 is 2.79 bits per heavy atom. The van der Waals surface area contributed by atoms with Gasteiger partial charge in [0, 0.05) is 6.07 Å². The second-order valence-corrected chi connectivity index (χ2v) is 5.14. The van der Waals surface area contributed by atoms with Gasteiger partial charge in [-0.3, -0.25) is 10.1 Å². The van der Waals surface area contributed by atoms with Crippen LogP contribution in [0.4, 0.5) is 5.69 Å². The minimum atomic E-state index is -0.544. The molecule has 0 radical (unpaired) electrons. The number of aliphatic hydroxyl groups is 1. The van der Waals surface area contributed by atoms with Crippen LogP contribution in [0.25, 0.3) is 0 Å². The fourth-order valence-corrected chi connectivity index (χ4v) is 2.41. The van der Waals surface area contributed by atoms with Crippen molar-refractivity contribution in [2.45, 2.75) is 44.3 Å². The Hall–Kier alpha value is -1.33. The summed E-state index contributed by atoms with van der Waals surface area (Å²) < 4.78 is 5.68. The number of hydrogen-bond acceptors (Lipinski definition) is 4. The second-order valence-electron chi connectivity index (χ2n) is 4.73. The van der Waals surface area contributed by atoms with Gasteiger partial charge in [-0.05, 0) is 25.3 Å². The van der Waals surface area contributed by atoms with Gasteiger partial charge < -0.3 is 9.84 Å². The van der Waals surface area contributed by atoms with Crippen molar-refractivity contribution >= 4 is 17.3 Å². The third-order valence-electron chi connectivity index (χ3n) is 3.32. The summed E-state index contributed by atoms with van der Waals surface area (Å²) in [5.74, 6) is 0.266. The molecule has 0 aromatic heterocycles. The predicted octanol–water partition coefficient (Wildman–Crippen LogP) is 3.32. The summed E-state index contributed by atoms with van der Waals surface area (Å²) in [6.45, 7) is 0. The monoisotopic (exact) mass is 285 g/mol. The van der Waals surface area contributed by atoms with E-state index in [2.05, 4.69) is 0 Å². The van der Waals surface area contributed by atoms with E-state index in [0.717, 1.165) is 25.7 Å². The Labute approximate surface area is 116 Å². The molecule has 1 aliphatic carbocycles. The van der Waals surface area contributed by atoms with Crippen LogP contribution in [-0.4, -0.2) is 22.2 Å². The lowest BCUT2D eigenvalue weighted by molar-refractivity contribution is -0.385. The molecule has 0 spiro atoms. The summed E-state index contributed by atoms with van der Waals surface area (Å²) in [7, 11) is 0. The van der Waals surface area contributed by atoms with Crippen LogP contribution in [0.5, 0.6) is 5.75 Å². The molecule has 2 unspecified atom stereocenters. The van der Waals surface area contributed by atoms with Crippen molar-refractivity contribution in [3.8, 4) is 5.75 Å². The Morgan fingerprint density at radius 1 is 1.32 bits per heavy atom. The highest BCUT2D eigenvalue weighted by Crippen LogP contribution is 2.32. The van der Waals surface area contributed by atoms with Gasteiger partial charge in [-0.2, -0.15) is 0 Å². The number of rotatable bonds is 3. The molecule has 104 valence electrons. The molecule has 1 N–H and O–H groups in total. The van der Waals surface area contributed by atoms with E-state index < -0.39 is 11.0 Å². The fraction of sp³-hybridized carbons (Fsp3) is 0.538. The number of nitro groups is 1. The lowest BCUT2D eigenvalue weighted by Gasteiger charge is -2.22. The minimum Gasteiger partial charge on any atom is -0.486 e.